The first-order chi connectivity index (χ1) is 7.75. The highest BCUT2D eigenvalue weighted by Crippen LogP contribution is 2.20. The standard InChI is InChI=1S/C11H9N3O2/c12-11(15)8-2-1-3-9(4-8)16-10-5-13-7-14-6-10/h1-7H,(H2,12,15). The van der Waals surface area contributed by atoms with Gasteiger partial charge in [-0.3, -0.25) is 4.79 Å². The number of primary amides is 1. The van der Waals surface area contributed by atoms with Crippen molar-refractivity contribution in [3.05, 3.63) is 48.5 Å². The minimum atomic E-state index is -0.491. The molecule has 0 saturated carbocycles. The predicted molar refractivity (Wildman–Crippen MR) is 57.1 cm³/mol. The number of aromatic nitrogens is 2. The summed E-state index contributed by atoms with van der Waals surface area (Å²) in [5.41, 5.74) is 5.55. The van der Waals surface area contributed by atoms with Gasteiger partial charge in [-0.15, -0.1) is 0 Å². The first kappa shape index (κ1) is 10.1. The summed E-state index contributed by atoms with van der Waals surface area (Å²) in [7, 11) is 0. The molecule has 5 nitrogen and oxygen atoms in total. The van der Waals surface area contributed by atoms with Crippen LogP contribution >= 0.6 is 0 Å². The van der Waals surface area contributed by atoms with Crippen LogP contribution in [0.3, 0.4) is 0 Å². The lowest BCUT2D eigenvalue weighted by Crippen LogP contribution is -2.10. The maximum Gasteiger partial charge on any atom is 0.248 e. The molecule has 16 heavy (non-hydrogen) atoms. The highest BCUT2D eigenvalue weighted by molar-refractivity contribution is 5.93. The summed E-state index contributed by atoms with van der Waals surface area (Å²) in [5, 5.41) is 0. The monoisotopic (exact) mass is 215 g/mol. The van der Waals surface area contributed by atoms with Crippen LogP contribution in [-0.4, -0.2) is 15.9 Å². The number of benzene rings is 1. The minimum Gasteiger partial charge on any atom is -0.454 e. The molecule has 2 N–H and O–H groups in total. The van der Waals surface area contributed by atoms with Gasteiger partial charge in [0, 0.05) is 5.56 Å². The van der Waals surface area contributed by atoms with E-state index in [-0.39, 0.29) is 0 Å². The Hall–Kier alpha value is -2.43. The predicted octanol–water partition coefficient (Wildman–Crippen LogP) is 1.37. The van der Waals surface area contributed by atoms with Crippen LogP contribution in [0.5, 0.6) is 11.5 Å². The molecule has 5 heteroatoms. The fourth-order valence-corrected chi connectivity index (χ4v) is 1.19. The molecule has 0 bridgehead atoms. The maximum atomic E-state index is 10.9. The molecule has 1 aromatic heterocycles. The number of carbonyl (C=O) groups excluding carboxylic acids is 1. The van der Waals surface area contributed by atoms with Gasteiger partial charge in [0.2, 0.25) is 5.91 Å². The molecule has 0 spiro atoms. The molecule has 2 rings (SSSR count). The topological polar surface area (TPSA) is 78.1 Å². The van der Waals surface area contributed by atoms with E-state index in [4.69, 9.17) is 10.5 Å². The van der Waals surface area contributed by atoms with Crippen LogP contribution in [0.1, 0.15) is 10.4 Å². The molecule has 0 atom stereocenters. The van der Waals surface area contributed by atoms with Gasteiger partial charge in [0.05, 0.1) is 12.4 Å². The van der Waals surface area contributed by atoms with Crippen LogP contribution in [-0.2, 0) is 0 Å². The fraction of sp³-hybridized carbons (Fsp3) is 0. The molecule has 1 amide bonds. The largest absolute Gasteiger partial charge is 0.454 e. The average Bonchev–Trinajstić information content (AvgIpc) is 2.30. The van der Waals surface area contributed by atoms with E-state index < -0.39 is 5.91 Å². The van der Waals surface area contributed by atoms with Gasteiger partial charge in [0.15, 0.2) is 5.75 Å². The van der Waals surface area contributed by atoms with Crippen molar-refractivity contribution in [3.8, 4) is 11.5 Å². The summed E-state index contributed by atoms with van der Waals surface area (Å²) >= 11 is 0. The highest BCUT2D eigenvalue weighted by atomic mass is 16.5. The number of hydrogen-bond acceptors (Lipinski definition) is 4. The van der Waals surface area contributed by atoms with Crippen molar-refractivity contribution in [1.82, 2.24) is 9.97 Å². The Morgan fingerprint density at radius 3 is 2.62 bits per heavy atom. The second kappa shape index (κ2) is 4.39. The van der Waals surface area contributed by atoms with Crippen LogP contribution in [0.15, 0.2) is 43.0 Å². The molecule has 1 heterocycles. The normalized spacial score (nSPS) is 9.75. The van der Waals surface area contributed by atoms with Gasteiger partial charge in [0.25, 0.3) is 0 Å². The molecule has 80 valence electrons. The van der Waals surface area contributed by atoms with Gasteiger partial charge in [-0.05, 0) is 18.2 Å². The minimum absolute atomic E-state index is 0.398. The van der Waals surface area contributed by atoms with Crippen molar-refractivity contribution in [3.63, 3.8) is 0 Å². The number of ether oxygens (including phenoxy) is 1. The molecule has 0 unspecified atom stereocenters. The van der Waals surface area contributed by atoms with E-state index in [0.717, 1.165) is 0 Å². The van der Waals surface area contributed by atoms with Crippen molar-refractivity contribution < 1.29 is 9.53 Å². The Bertz CT molecular complexity index is 500. The number of amides is 1. The molecule has 0 aliphatic carbocycles. The summed E-state index contributed by atoms with van der Waals surface area (Å²) in [6.07, 6.45) is 4.47. The van der Waals surface area contributed by atoms with Gasteiger partial charge >= 0.3 is 0 Å². The van der Waals surface area contributed by atoms with E-state index in [1.807, 2.05) is 0 Å². The molecule has 0 aliphatic rings. The summed E-state index contributed by atoms with van der Waals surface area (Å²) < 4.78 is 5.44. The summed E-state index contributed by atoms with van der Waals surface area (Å²) in [4.78, 5) is 18.6. The second-order valence-electron chi connectivity index (χ2n) is 3.07. The Labute approximate surface area is 91.9 Å². The lowest BCUT2D eigenvalue weighted by Gasteiger charge is -2.04. The van der Waals surface area contributed by atoms with Crippen molar-refractivity contribution >= 4 is 5.91 Å². The number of hydrogen-bond donors (Lipinski definition) is 1. The zero-order valence-corrected chi connectivity index (χ0v) is 8.33. The van der Waals surface area contributed by atoms with E-state index >= 15 is 0 Å². The van der Waals surface area contributed by atoms with Gasteiger partial charge < -0.3 is 10.5 Å². The molecule has 0 saturated heterocycles. The van der Waals surface area contributed by atoms with Gasteiger partial charge in [-0.1, -0.05) is 6.07 Å². The van der Waals surface area contributed by atoms with Gasteiger partial charge in [-0.2, -0.15) is 0 Å². The van der Waals surface area contributed by atoms with Crippen LogP contribution in [0, 0.1) is 0 Å². The Morgan fingerprint density at radius 2 is 1.94 bits per heavy atom. The molecule has 0 radical (unpaired) electrons. The Balaban J connectivity index is 2.22. The van der Waals surface area contributed by atoms with Crippen molar-refractivity contribution in [2.75, 3.05) is 0 Å². The van der Waals surface area contributed by atoms with Crippen LogP contribution in [0.25, 0.3) is 0 Å². The molecule has 2 aromatic rings. The lowest BCUT2D eigenvalue weighted by molar-refractivity contribution is 0.1000. The third-order valence-electron chi connectivity index (χ3n) is 1.89. The Morgan fingerprint density at radius 1 is 1.19 bits per heavy atom. The van der Waals surface area contributed by atoms with Gasteiger partial charge in [0.1, 0.15) is 12.1 Å². The molecule has 0 aliphatic heterocycles. The molecular formula is C11H9N3O2. The smallest absolute Gasteiger partial charge is 0.248 e. The molecule has 1 aromatic carbocycles. The summed E-state index contributed by atoms with van der Waals surface area (Å²) in [6.45, 7) is 0. The molecular weight excluding hydrogens is 206 g/mol. The molecule has 0 fully saturated rings. The van der Waals surface area contributed by atoms with Crippen LogP contribution in [0.4, 0.5) is 0 Å². The third-order valence-corrected chi connectivity index (χ3v) is 1.89. The first-order valence-corrected chi connectivity index (χ1v) is 4.58. The summed E-state index contributed by atoms with van der Waals surface area (Å²) in [6, 6.07) is 6.60. The van der Waals surface area contributed by atoms with Crippen LogP contribution < -0.4 is 10.5 Å². The number of nitrogens with zero attached hydrogens (tertiary/aromatic N) is 2. The number of rotatable bonds is 3. The van der Waals surface area contributed by atoms with E-state index in [9.17, 15) is 4.79 Å². The van der Waals surface area contributed by atoms with Crippen LogP contribution in [0.2, 0.25) is 0 Å². The van der Waals surface area contributed by atoms with E-state index in [1.54, 1.807) is 24.3 Å². The number of nitrogens with two attached hydrogens (primary N) is 1. The number of carbonyl (C=O) groups is 1. The summed E-state index contributed by atoms with van der Waals surface area (Å²) in [5.74, 6) is 0.532. The second-order valence-corrected chi connectivity index (χ2v) is 3.07. The SMILES string of the molecule is NC(=O)c1cccc(Oc2cncnc2)c1. The van der Waals surface area contributed by atoms with Gasteiger partial charge in [-0.25, -0.2) is 9.97 Å². The zero-order valence-electron chi connectivity index (χ0n) is 8.33. The quantitative estimate of drug-likeness (QED) is 0.838. The Kier molecular flexibility index (Phi) is 2.77. The zero-order chi connectivity index (χ0) is 11.4. The fourth-order valence-electron chi connectivity index (χ4n) is 1.19. The van der Waals surface area contributed by atoms with E-state index in [2.05, 4.69) is 9.97 Å². The van der Waals surface area contributed by atoms with Crippen molar-refractivity contribution in [2.45, 2.75) is 0 Å². The van der Waals surface area contributed by atoms with Crippen molar-refractivity contribution in [2.24, 2.45) is 5.73 Å². The highest BCUT2D eigenvalue weighted by Gasteiger charge is 2.02. The van der Waals surface area contributed by atoms with E-state index in [0.29, 0.717) is 17.1 Å². The first-order valence-electron chi connectivity index (χ1n) is 4.58. The lowest BCUT2D eigenvalue weighted by atomic mass is 10.2. The van der Waals surface area contributed by atoms with Crippen molar-refractivity contribution in [1.29, 1.82) is 0 Å². The van der Waals surface area contributed by atoms with E-state index in [1.165, 1.54) is 18.7 Å². The average molecular weight is 215 g/mol. The maximum absolute atomic E-state index is 10.9. The third kappa shape index (κ3) is 2.33.